The Kier molecular flexibility index (Phi) is 3.13. The Hall–Kier alpha value is -0.390. The van der Waals surface area contributed by atoms with Gasteiger partial charge < -0.3 is 10.1 Å². The van der Waals surface area contributed by atoms with Crippen molar-refractivity contribution in [3.63, 3.8) is 0 Å². The first-order valence-electron chi connectivity index (χ1n) is 4.70. The Morgan fingerprint density at radius 1 is 1.73 bits per heavy atom. The maximum atomic E-state index is 11.7. The molecular formula is C10H12BrNO2S. The summed E-state index contributed by atoms with van der Waals surface area (Å²) in [6.45, 7) is 4.26. The fraction of sp³-hybridized carbons (Fsp3) is 0.500. The van der Waals surface area contributed by atoms with Gasteiger partial charge in [0, 0.05) is 16.4 Å². The minimum Gasteiger partial charge on any atom is -0.380 e. The molecule has 1 fully saturated rings. The zero-order chi connectivity index (χ0) is 10.9. The molecule has 0 bridgehead atoms. The van der Waals surface area contributed by atoms with Crippen molar-refractivity contribution in [2.45, 2.75) is 6.92 Å². The number of halogens is 1. The molecule has 0 aliphatic carbocycles. The topological polar surface area (TPSA) is 38.3 Å². The highest BCUT2D eigenvalue weighted by molar-refractivity contribution is 9.10. The number of amides is 1. The standard InChI is InChI=1S/C10H12BrNO2S/c1-10(5-14-6-10)4-12-9(13)8-7(11)2-3-15-8/h2-3H,4-6H2,1H3,(H,12,13). The summed E-state index contributed by atoms with van der Waals surface area (Å²) >= 11 is 4.79. The fourth-order valence-electron chi connectivity index (χ4n) is 1.38. The summed E-state index contributed by atoms with van der Waals surface area (Å²) in [5.41, 5.74) is 0.124. The van der Waals surface area contributed by atoms with E-state index < -0.39 is 0 Å². The predicted octanol–water partition coefficient (Wildman–Crippen LogP) is 2.28. The molecule has 15 heavy (non-hydrogen) atoms. The van der Waals surface area contributed by atoms with Gasteiger partial charge in [0.05, 0.1) is 13.2 Å². The van der Waals surface area contributed by atoms with E-state index in [1.54, 1.807) is 0 Å². The van der Waals surface area contributed by atoms with E-state index in [4.69, 9.17) is 4.74 Å². The van der Waals surface area contributed by atoms with E-state index in [9.17, 15) is 4.79 Å². The zero-order valence-electron chi connectivity index (χ0n) is 8.38. The summed E-state index contributed by atoms with van der Waals surface area (Å²) in [6, 6.07) is 1.88. The molecule has 0 radical (unpaired) electrons. The van der Waals surface area contributed by atoms with Gasteiger partial charge in [-0.1, -0.05) is 6.92 Å². The lowest BCUT2D eigenvalue weighted by Crippen LogP contribution is -2.48. The molecule has 0 unspecified atom stereocenters. The van der Waals surface area contributed by atoms with Crippen LogP contribution < -0.4 is 5.32 Å². The lowest BCUT2D eigenvalue weighted by molar-refractivity contribution is -0.0978. The number of hydrogen-bond acceptors (Lipinski definition) is 3. The van der Waals surface area contributed by atoms with Crippen LogP contribution in [0, 0.1) is 5.41 Å². The van der Waals surface area contributed by atoms with Gasteiger partial charge in [-0.15, -0.1) is 11.3 Å². The molecule has 1 amide bonds. The third-order valence-electron chi connectivity index (χ3n) is 2.40. The summed E-state index contributed by atoms with van der Waals surface area (Å²) in [6.07, 6.45) is 0. The van der Waals surface area contributed by atoms with Crippen LogP contribution in [0.3, 0.4) is 0 Å². The highest BCUT2D eigenvalue weighted by Gasteiger charge is 2.33. The van der Waals surface area contributed by atoms with Gasteiger partial charge in [-0.3, -0.25) is 4.79 Å². The van der Waals surface area contributed by atoms with Crippen LogP contribution in [0.4, 0.5) is 0 Å². The summed E-state index contributed by atoms with van der Waals surface area (Å²) in [5.74, 6) is -0.00926. The molecule has 0 aromatic carbocycles. The molecule has 1 saturated heterocycles. The zero-order valence-corrected chi connectivity index (χ0v) is 10.8. The molecule has 1 aromatic rings. The van der Waals surface area contributed by atoms with Gasteiger partial charge in [-0.25, -0.2) is 0 Å². The number of carbonyl (C=O) groups excluding carboxylic acids is 1. The van der Waals surface area contributed by atoms with Gasteiger partial charge in [0.15, 0.2) is 0 Å². The predicted molar refractivity (Wildman–Crippen MR) is 63.3 cm³/mol. The lowest BCUT2D eigenvalue weighted by atomic mass is 9.89. The van der Waals surface area contributed by atoms with Crippen molar-refractivity contribution < 1.29 is 9.53 Å². The molecular weight excluding hydrogens is 278 g/mol. The van der Waals surface area contributed by atoms with E-state index in [2.05, 4.69) is 28.2 Å². The van der Waals surface area contributed by atoms with Crippen LogP contribution in [0.5, 0.6) is 0 Å². The van der Waals surface area contributed by atoms with Crippen molar-refractivity contribution >= 4 is 33.2 Å². The number of nitrogens with one attached hydrogen (secondary N) is 1. The molecule has 1 aliphatic rings. The summed E-state index contributed by atoms with van der Waals surface area (Å²) in [5, 5.41) is 4.83. The maximum absolute atomic E-state index is 11.7. The summed E-state index contributed by atoms with van der Waals surface area (Å²) in [4.78, 5) is 12.5. The molecule has 82 valence electrons. The lowest BCUT2D eigenvalue weighted by Gasteiger charge is -2.37. The molecule has 1 N–H and O–H groups in total. The third-order valence-corrected chi connectivity index (χ3v) is 4.24. The van der Waals surface area contributed by atoms with Crippen molar-refractivity contribution in [3.05, 3.63) is 20.8 Å². The monoisotopic (exact) mass is 289 g/mol. The van der Waals surface area contributed by atoms with Gasteiger partial charge in [-0.05, 0) is 27.4 Å². The van der Waals surface area contributed by atoms with Crippen molar-refractivity contribution in [2.24, 2.45) is 5.41 Å². The molecule has 1 aliphatic heterocycles. The molecule has 0 atom stereocenters. The number of thiophene rings is 1. The van der Waals surface area contributed by atoms with E-state index in [1.807, 2.05) is 11.4 Å². The van der Waals surface area contributed by atoms with E-state index in [-0.39, 0.29) is 11.3 Å². The maximum Gasteiger partial charge on any atom is 0.262 e. The van der Waals surface area contributed by atoms with Crippen molar-refractivity contribution in [1.29, 1.82) is 0 Å². The second kappa shape index (κ2) is 4.23. The van der Waals surface area contributed by atoms with E-state index in [0.717, 1.165) is 22.6 Å². The molecule has 1 aromatic heterocycles. The minimum atomic E-state index is -0.00926. The van der Waals surface area contributed by atoms with Gasteiger partial charge >= 0.3 is 0 Å². The average molecular weight is 290 g/mol. The number of rotatable bonds is 3. The van der Waals surface area contributed by atoms with Gasteiger partial charge in [0.2, 0.25) is 0 Å². The van der Waals surface area contributed by atoms with E-state index >= 15 is 0 Å². The van der Waals surface area contributed by atoms with Crippen LogP contribution in [0.2, 0.25) is 0 Å². The molecule has 2 heterocycles. The van der Waals surface area contributed by atoms with Crippen molar-refractivity contribution in [3.8, 4) is 0 Å². The van der Waals surface area contributed by atoms with E-state index in [1.165, 1.54) is 11.3 Å². The Morgan fingerprint density at radius 3 is 2.93 bits per heavy atom. The van der Waals surface area contributed by atoms with Gasteiger partial charge in [0.25, 0.3) is 5.91 Å². The van der Waals surface area contributed by atoms with Crippen LogP contribution >= 0.6 is 27.3 Å². The first kappa shape index (κ1) is 11.1. The Bertz CT molecular complexity index is 373. The van der Waals surface area contributed by atoms with Crippen LogP contribution in [-0.4, -0.2) is 25.7 Å². The van der Waals surface area contributed by atoms with Crippen LogP contribution in [0.15, 0.2) is 15.9 Å². The first-order valence-corrected chi connectivity index (χ1v) is 6.37. The minimum absolute atomic E-state index is 0.00926. The SMILES string of the molecule is CC1(CNC(=O)c2sccc2Br)COC1. The van der Waals surface area contributed by atoms with Gasteiger partial charge in [-0.2, -0.15) is 0 Å². The Balaban J connectivity index is 1.90. The quantitative estimate of drug-likeness (QED) is 0.927. The number of ether oxygens (including phenoxy) is 1. The second-order valence-electron chi connectivity index (χ2n) is 4.08. The fourth-order valence-corrected chi connectivity index (χ4v) is 2.85. The van der Waals surface area contributed by atoms with Crippen LogP contribution in [0.25, 0.3) is 0 Å². The number of carbonyl (C=O) groups is 1. The van der Waals surface area contributed by atoms with Crippen molar-refractivity contribution in [1.82, 2.24) is 5.32 Å². The Labute approximate surface area is 101 Å². The smallest absolute Gasteiger partial charge is 0.262 e. The van der Waals surface area contributed by atoms with Crippen LogP contribution in [0.1, 0.15) is 16.6 Å². The molecule has 3 nitrogen and oxygen atoms in total. The summed E-state index contributed by atoms with van der Waals surface area (Å²) < 4.78 is 5.99. The summed E-state index contributed by atoms with van der Waals surface area (Å²) in [7, 11) is 0. The first-order chi connectivity index (χ1) is 7.11. The second-order valence-corrected chi connectivity index (χ2v) is 5.85. The average Bonchev–Trinajstić information content (AvgIpc) is 2.58. The molecule has 5 heteroatoms. The molecule has 0 saturated carbocycles. The normalized spacial score (nSPS) is 18.3. The molecule has 0 spiro atoms. The highest BCUT2D eigenvalue weighted by atomic mass is 79.9. The third kappa shape index (κ3) is 2.41. The molecule has 2 rings (SSSR count). The van der Waals surface area contributed by atoms with E-state index in [0.29, 0.717) is 6.54 Å². The largest absolute Gasteiger partial charge is 0.380 e. The van der Waals surface area contributed by atoms with Crippen molar-refractivity contribution in [2.75, 3.05) is 19.8 Å². The van der Waals surface area contributed by atoms with Crippen LogP contribution in [-0.2, 0) is 4.74 Å². The van der Waals surface area contributed by atoms with Gasteiger partial charge in [0.1, 0.15) is 4.88 Å². The Morgan fingerprint density at radius 2 is 2.47 bits per heavy atom. The number of hydrogen-bond donors (Lipinski definition) is 1. The highest BCUT2D eigenvalue weighted by Crippen LogP contribution is 2.26.